The molecule has 148 valence electrons. The van der Waals surface area contributed by atoms with Crippen LogP contribution < -0.4 is 4.90 Å². The summed E-state index contributed by atoms with van der Waals surface area (Å²) < 4.78 is 0. The van der Waals surface area contributed by atoms with Crippen LogP contribution in [0.25, 0.3) is 0 Å². The molecule has 2 aliphatic heterocycles. The quantitative estimate of drug-likeness (QED) is 0.800. The van der Waals surface area contributed by atoms with Crippen molar-refractivity contribution in [3.63, 3.8) is 0 Å². The first kappa shape index (κ1) is 20.2. The first-order chi connectivity index (χ1) is 13.0. The van der Waals surface area contributed by atoms with Crippen LogP contribution in [-0.2, 0) is 9.59 Å². The van der Waals surface area contributed by atoms with Crippen molar-refractivity contribution >= 4 is 23.6 Å². The zero-order chi connectivity index (χ0) is 19.4. The molecule has 1 aromatic carbocycles. The summed E-state index contributed by atoms with van der Waals surface area (Å²) in [4.78, 5) is 30.3. The highest BCUT2D eigenvalue weighted by Crippen LogP contribution is 2.44. The van der Waals surface area contributed by atoms with Crippen LogP contribution in [0.2, 0.25) is 0 Å². The van der Waals surface area contributed by atoms with Gasteiger partial charge < -0.3 is 14.7 Å². The fourth-order valence-electron chi connectivity index (χ4n) is 4.02. The number of quaternary nitrogens is 1. The van der Waals surface area contributed by atoms with Crippen LogP contribution in [0.15, 0.2) is 24.3 Å². The summed E-state index contributed by atoms with van der Waals surface area (Å²) in [5, 5.41) is 0.203. The van der Waals surface area contributed by atoms with E-state index in [0.29, 0.717) is 6.42 Å². The van der Waals surface area contributed by atoms with Gasteiger partial charge in [0.25, 0.3) is 0 Å². The predicted molar refractivity (Wildman–Crippen MR) is 110 cm³/mol. The maximum Gasteiger partial charge on any atom is 0.237 e. The average molecular weight is 391 g/mol. The van der Waals surface area contributed by atoms with Crippen molar-refractivity contribution in [3.8, 4) is 0 Å². The third-order valence-corrected chi connectivity index (χ3v) is 7.42. The minimum absolute atomic E-state index is 0.0728. The lowest BCUT2D eigenvalue weighted by molar-refractivity contribution is -0.903. The molecule has 2 atom stereocenters. The molecular formula is C21H32N3O2S+. The standard InChI is InChI=1S/C21H31N3O2S/c1-4-18-20(26)24(21(27-18)17-9-7-6-8-16(17)3)15-12-22-10-13-23(14-11-22)19(25)5-2/h6-9,18,21H,4-5,10-15H2,1-3H3/p+1/t18-,21-/m1/s1. The third kappa shape index (κ3) is 4.49. The van der Waals surface area contributed by atoms with Crippen molar-refractivity contribution in [1.82, 2.24) is 9.80 Å². The van der Waals surface area contributed by atoms with Crippen molar-refractivity contribution in [3.05, 3.63) is 35.4 Å². The van der Waals surface area contributed by atoms with Gasteiger partial charge >= 0.3 is 0 Å². The van der Waals surface area contributed by atoms with Crippen LogP contribution in [0, 0.1) is 6.92 Å². The first-order valence-corrected chi connectivity index (χ1v) is 11.1. The van der Waals surface area contributed by atoms with Crippen molar-refractivity contribution in [2.75, 3.05) is 39.3 Å². The Balaban J connectivity index is 1.63. The van der Waals surface area contributed by atoms with E-state index in [0.717, 1.165) is 45.7 Å². The summed E-state index contributed by atoms with van der Waals surface area (Å²) in [5.74, 6) is 0.542. The second-order valence-corrected chi connectivity index (χ2v) is 8.80. The predicted octanol–water partition coefficient (Wildman–Crippen LogP) is 1.48. The molecule has 0 saturated carbocycles. The van der Waals surface area contributed by atoms with Crippen LogP contribution in [0.1, 0.15) is 43.2 Å². The normalized spacial score (nSPS) is 23.9. The van der Waals surface area contributed by atoms with Crippen LogP contribution >= 0.6 is 11.8 Å². The minimum Gasteiger partial charge on any atom is -0.331 e. The molecule has 2 amide bonds. The molecule has 2 heterocycles. The number of carbonyl (C=O) groups is 2. The van der Waals surface area contributed by atoms with Crippen LogP contribution in [-0.4, -0.2) is 66.1 Å². The second kappa shape index (κ2) is 9.11. The molecule has 2 fully saturated rings. The highest BCUT2D eigenvalue weighted by Gasteiger charge is 2.40. The summed E-state index contributed by atoms with van der Waals surface area (Å²) in [7, 11) is 0. The van der Waals surface area contributed by atoms with E-state index in [1.807, 2.05) is 11.8 Å². The van der Waals surface area contributed by atoms with Gasteiger partial charge in [-0.25, -0.2) is 0 Å². The van der Waals surface area contributed by atoms with Crippen LogP contribution in [0.5, 0.6) is 0 Å². The zero-order valence-corrected chi connectivity index (χ0v) is 17.6. The van der Waals surface area contributed by atoms with Gasteiger partial charge in [0.05, 0.1) is 44.5 Å². The van der Waals surface area contributed by atoms with Gasteiger partial charge in [0.1, 0.15) is 5.37 Å². The summed E-state index contributed by atoms with van der Waals surface area (Å²) in [5.41, 5.74) is 2.52. The van der Waals surface area contributed by atoms with Gasteiger partial charge in [-0.05, 0) is 24.5 Å². The fraction of sp³-hybridized carbons (Fsp3) is 0.619. The molecule has 0 radical (unpaired) electrons. The number of hydrogen-bond acceptors (Lipinski definition) is 3. The van der Waals surface area contributed by atoms with Gasteiger partial charge in [-0.3, -0.25) is 9.59 Å². The molecule has 0 aliphatic carbocycles. The van der Waals surface area contributed by atoms with Gasteiger partial charge in [-0.1, -0.05) is 38.1 Å². The van der Waals surface area contributed by atoms with E-state index in [1.54, 1.807) is 11.8 Å². The van der Waals surface area contributed by atoms with Gasteiger partial charge in [0.2, 0.25) is 11.8 Å². The number of aryl methyl sites for hydroxylation is 1. The van der Waals surface area contributed by atoms with E-state index in [-0.39, 0.29) is 22.4 Å². The fourth-order valence-corrected chi connectivity index (χ4v) is 5.54. The molecule has 0 unspecified atom stereocenters. The topological polar surface area (TPSA) is 45.1 Å². The molecule has 0 bridgehead atoms. The highest BCUT2D eigenvalue weighted by molar-refractivity contribution is 8.01. The summed E-state index contributed by atoms with van der Waals surface area (Å²) in [6.45, 7) is 11.5. The maximum atomic E-state index is 12.9. The van der Waals surface area contributed by atoms with Crippen molar-refractivity contribution in [1.29, 1.82) is 0 Å². The Morgan fingerprint density at radius 2 is 1.93 bits per heavy atom. The number of thioether (sulfide) groups is 1. The number of hydrogen-bond donors (Lipinski definition) is 1. The molecule has 1 N–H and O–H groups in total. The first-order valence-electron chi connectivity index (χ1n) is 10.2. The molecular weight excluding hydrogens is 358 g/mol. The molecule has 0 spiro atoms. The second-order valence-electron chi connectivity index (χ2n) is 7.51. The van der Waals surface area contributed by atoms with E-state index in [9.17, 15) is 9.59 Å². The molecule has 0 aromatic heterocycles. The van der Waals surface area contributed by atoms with Gasteiger partial charge in [0, 0.05) is 6.42 Å². The number of carbonyl (C=O) groups excluding carboxylic acids is 2. The molecule has 6 heteroatoms. The van der Waals surface area contributed by atoms with Gasteiger partial charge in [-0.2, -0.15) is 0 Å². The number of nitrogens with zero attached hydrogens (tertiary/aromatic N) is 2. The van der Waals surface area contributed by atoms with Crippen molar-refractivity contribution < 1.29 is 14.5 Å². The lowest BCUT2D eigenvalue weighted by Crippen LogP contribution is -3.15. The smallest absolute Gasteiger partial charge is 0.237 e. The Bertz CT molecular complexity index is 673. The number of amides is 2. The molecule has 1 aromatic rings. The average Bonchev–Trinajstić information content (AvgIpc) is 3.02. The summed E-state index contributed by atoms with van der Waals surface area (Å²) >= 11 is 1.80. The van der Waals surface area contributed by atoms with E-state index >= 15 is 0 Å². The monoisotopic (exact) mass is 390 g/mol. The molecule has 27 heavy (non-hydrogen) atoms. The van der Waals surface area contributed by atoms with E-state index in [1.165, 1.54) is 16.0 Å². The Morgan fingerprint density at radius 3 is 2.56 bits per heavy atom. The minimum atomic E-state index is 0.0728. The maximum absolute atomic E-state index is 12.9. The summed E-state index contributed by atoms with van der Waals surface area (Å²) in [6.07, 6.45) is 1.47. The molecule has 2 aliphatic rings. The van der Waals surface area contributed by atoms with E-state index < -0.39 is 0 Å². The summed E-state index contributed by atoms with van der Waals surface area (Å²) in [6, 6.07) is 8.42. The SMILES string of the molecule is CCC(=O)N1CC[NH+](CCN2C(=O)[C@@H](CC)S[C@@H]2c2ccccc2C)CC1. The van der Waals surface area contributed by atoms with Gasteiger partial charge in [-0.15, -0.1) is 11.8 Å². The van der Waals surface area contributed by atoms with E-state index in [2.05, 4.69) is 43.0 Å². The molecule has 3 rings (SSSR count). The lowest BCUT2D eigenvalue weighted by Gasteiger charge is -2.33. The Labute approximate surface area is 167 Å². The van der Waals surface area contributed by atoms with Crippen molar-refractivity contribution in [2.24, 2.45) is 0 Å². The number of benzene rings is 1. The lowest BCUT2D eigenvalue weighted by atomic mass is 10.1. The van der Waals surface area contributed by atoms with Crippen molar-refractivity contribution in [2.45, 2.75) is 44.2 Å². The zero-order valence-electron chi connectivity index (χ0n) is 16.7. The van der Waals surface area contributed by atoms with Crippen LogP contribution in [0.4, 0.5) is 0 Å². The molecule has 5 nitrogen and oxygen atoms in total. The number of piperazine rings is 1. The Morgan fingerprint density at radius 1 is 1.22 bits per heavy atom. The largest absolute Gasteiger partial charge is 0.331 e. The third-order valence-electron chi connectivity index (χ3n) is 5.79. The number of rotatable bonds is 6. The molecule has 2 saturated heterocycles. The number of nitrogens with one attached hydrogen (secondary N) is 1. The van der Waals surface area contributed by atoms with E-state index in [4.69, 9.17) is 0 Å². The highest BCUT2D eigenvalue weighted by atomic mass is 32.2. The Hall–Kier alpha value is -1.53. The Kier molecular flexibility index (Phi) is 6.82. The van der Waals surface area contributed by atoms with Gasteiger partial charge in [0.15, 0.2) is 0 Å². The van der Waals surface area contributed by atoms with Crippen LogP contribution in [0.3, 0.4) is 0 Å².